The molecule has 1 heterocycles. The zero-order valence-electron chi connectivity index (χ0n) is 12.5. The normalized spacial score (nSPS) is 10.5. The molecule has 0 saturated carbocycles. The molecule has 0 bridgehead atoms. The summed E-state index contributed by atoms with van der Waals surface area (Å²) >= 11 is 0. The second-order valence-electron chi connectivity index (χ2n) is 5.11. The number of ether oxygens (including phenoxy) is 1. The van der Waals surface area contributed by atoms with E-state index >= 15 is 0 Å². The number of rotatable bonds is 4. The van der Waals surface area contributed by atoms with Gasteiger partial charge in [-0.3, -0.25) is 16.1 Å². The van der Waals surface area contributed by atoms with E-state index in [1.807, 2.05) is 0 Å². The number of nitrogens with two attached hydrogens (primary N) is 3. The fourth-order valence-electron chi connectivity index (χ4n) is 2.03. The van der Waals surface area contributed by atoms with Crippen molar-refractivity contribution in [2.45, 2.75) is 20.0 Å². The van der Waals surface area contributed by atoms with Crippen LogP contribution >= 0.6 is 0 Å². The fourth-order valence-corrected chi connectivity index (χ4v) is 2.03. The first-order valence-corrected chi connectivity index (χ1v) is 6.84. The van der Waals surface area contributed by atoms with Crippen molar-refractivity contribution < 1.29 is 14.9 Å². The summed E-state index contributed by atoms with van der Waals surface area (Å²) in [6, 6.07) is 8.49. The molecule has 0 radical (unpaired) electrons. The van der Waals surface area contributed by atoms with Gasteiger partial charge in [0, 0.05) is 17.4 Å². The molecule has 0 aliphatic carbocycles. The van der Waals surface area contributed by atoms with Gasteiger partial charge in [0.1, 0.15) is 0 Å². The van der Waals surface area contributed by atoms with Crippen LogP contribution in [-0.4, -0.2) is 22.9 Å². The van der Waals surface area contributed by atoms with E-state index in [0.29, 0.717) is 28.1 Å². The van der Waals surface area contributed by atoms with Gasteiger partial charge in [0.15, 0.2) is 0 Å². The maximum absolute atomic E-state index is 12.2. The van der Waals surface area contributed by atoms with Crippen LogP contribution in [0.1, 0.15) is 29.8 Å². The molecular weight excluding hydrogens is 280 g/mol. The molecular formula is C16H19N4O2+. The second kappa shape index (κ2) is 6.26. The first-order valence-electron chi connectivity index (χ1n) is 6.84. The summed E-state index contributed by atoms with van der Waals surface area (Å²) in [5, 5.41) is 5.63. The molecule has 1 aromatic carbocycles. The van der Waals surface area contributed by atoms with E-state index in [2.05, 4.69) is 4.98 Å². The average molecular weight is 299 g/mol. The van der Waals surface area contributed by atoms with Crippen molar-refractivity contribution in [2.75, 3.05) is 5.73 Å². The third kappa shape index (κ3) is 3.22. The molecule has 6 heteroatoms. The molecule has 0 unspecified atom stereocenters. The summed E-state index contributed by atoms with van der Waals surface area (Å²) in [6.45, 7) is 3.58. The van der Waals surface area contributed by atoms with Gasteiger partial charge in [-0.2, -0.15) is 0 Å². The highest BCUT2D eigenvalue weighted by Crippen LogP contribution is 2.25. The van der Waals surface area contributed by atoms with E-state index in [0.717, 1.165) is 0 Å². The Bertz CT molecular complexity index is 726. The van der Waals surface area contributed by atoms with Crippen LogP contribution in [0.2, 0.25) is 0 Å². The summed E-state index contributed by atoms with van der Waals surface area (Å²) in [7, 11) is 0. The van der Waals surface area contributed by atoms with Gasteiger partial charge >= 0.3 is 5.97 Å². The number of amidine groups is 1. The number of aromatic nitrogens is 1. The molecule has 1 aromatic heterocycles. The molecule has 0 aliphatic rings. The van der Waals surface area contributed by atoms with Gasteiger partial charge in [-0.1, -0.05) is 6.07 Å². The Morgan fingerprint density at radius 2 is 2.00 bits per heavy atom. The number of benzene rings is 1. The Labute approximate surface area is 128 Å². The van der Waals surface area contributed by atoms with Crippen LogP contribution in [0, 0.1) is 0 Å². The molecule has 0 spiro atoms. The van der Waals surface area contributed by atoms with Crippen molar-refractivity contribution in [2.24, 2.45) is 5.73 Å². The second-order valence-corrected chi connectivity index (χ2v) is 5.11. The zero-order valence-corrected chi connectivity index (χ0v) is 12.5. The molecule has 114 valence electrons. The monoisotopic (exact) mass is 299 g/mol. The summed E-state index contributed by atoms with van der Waals surface area (Å²) < 4.78 is 5.24. The average Bonchev–Trinajstić information content (AvgIpc) is 2.46. The van der Waals surface area contributed by atoms with Crippen LogP contribution in [0.5, 0.6) is 0 Å². The minimum Gasteiger partial charge on any atom is -0.459 e. The molecule has 0 fully saturated rings. The van der Waals surface area contributed by atoms with Gasteiger partial charge < -0.3 is 10.5 Å². The predicted octanol–water partition coefficient (Wildman–Crippen LogP) is 0.360. The number of nitrogens with zero attached hydrogens (tertiary/aromatic N) is 1. The maximum Gasteiger partial charge on any atom is 0.340 e. The molecule has 22 heavy (non-hydrogen) atoms. The standard InChI is InChI=1S/C16H18N4O2/c1-9(2)22-16(21)11-4-3-7-20-14(11)10-5-6-13(17)12(8-10)15(18)19/h3-9H,17H2,1-2H3,(H3,18,19)/p+1. The van der Waals surface area contributed by atoms with Crippen LogP contribution in [0.25, 0.3) is 11.3 Å². The van der Waals surface area contributed by atoms with E-state index < -0.39 is 5.97 Å². The molecule has 6 nitrogen and oxygen atoms in total. The lowest BCUT2D eigenvalue weighted by atomic mass is 10.0. The van der Waals surface area contributed by atoms with Gasteiger partial charge in [-0.25, -0.2) is 4.79 Å². The van der Waals surface area contributed by atoms with Gasteiger partial charge in [-0.15, -0.1) is 0 Å². The topological polar surface area (TPSA) is 117 Å². The van der Waals surface area contributed by atoms with E-state index in [9.17, 15) is 4.79 Å². The number of esters is 1. The highest BCUT2D eigenvalue weighted by molar-refractivity contribution is 6.01. The smallest absolute Gasteiger partial charge is 0.340 e. The summed E-state index contributed by atoms with van der Waals surface area (Å²) in [5.74, 6) is -0.317. The van der Waals surface area contributed by atoms with Crippen molar-refractivity contribution in [1.29, 1.82) is 0 Å². The fraction of sp³-hybridized carbons (Fsp3) is 0.188. The molecule has 6 N–H and O–H groups in total. The summed E-state index contributed by atoms with van der Waals surface area (Å²) in [4.78, 5) is 16.5. The van der Waals surface area contributed by atoms with Gasteiger partial charge in [0.05, 0.1) is 22.9 Å². The third-order valence-corrected chi connectivity index (χ3v) is 3.01. The lowest BCUT2D eigenvalue weighted by Gasteiger charge is -2.12. The zero-order chi connectivity index (χ0) is 16.3. The Kier molecular flexibility index (Phi) is 4.41. The first-order chi connectivity index (χ1) is 10.4. The minimum atomic E-state index is -0.429. The van der Waals surface area contributed by atoms with Crippen LogP contribution in [0.3, 0.4) is 0 Å². The summed E-state index contributed by atoms with van der Waals surface area (Å²) in [6.07, 6.45) is 1.39. The molecule has 0 saturated heterocycles. The number of hydrogen-bond donors (Lipinski definition) is 3. The van der Waals surface area contributed by atoms with E-state index in [1.165, 1.54) is 0 Å². The van der Waals surface area contributed by atoms with Crippen molar-refractivity contribution in [3.05, 3.63) is 47.7 Å². The quantitative estimate of drug-likeness (QED) is 0.326. The Hall–Kier alpha value is -2.89. The van der Waals surface area contributed by atoms with Crippen molar-refractivity contribution >= 4 is 17.5 Å². The number of carbonyl (C=O) groups is 1. The van der Waals surface area contributed by atoms with Crippen molar-refractivity contribution in [1.82, 2.24) is 4.98 Å². The van der Waals surface area contributed by atoms with E-state index in [4.69, 9.17) is 21.6 Å². The van der Waals surface area contributed by atoms with Gasteiger partial charge in [-0.05, 0) is 38.1 Å². The van der Waals surface area contributed by atoms with Gasteiger partial charge in [0.2, 0.25) is 0 Å². The molecule has 2 rings (SSSR count). The lowest BCUT2D eigenvalue weighted by Crippen LogP contribution is -2.46. The Morgan fingerprint density at radius 3 is 2.64 bits per heavy atom. The van der Waals surface area contributed by atoms with Crippen LogP contribution < -0.4 is 16.9 Å². The highest BCUT2D eigenvalue weighted by Gasteiger charge is 2.18. The Balaban J connectivity index is 2.52. The van der Waals surface area contributed by atoms with Crippen molar-refractivity contribution in [3.8, 4) is 11.3 Å². The number of nitrogen functional groups attached to an aromatic ring is 1. The van der Waals surface area contributed by atoms with E-state index in [-0.39, 0.29) is 11.9 Å². The van der Waals surface area contributed by atoms with Gasteiger partial charge in [0.25, 0.3) is 5.84 Å². The number of carbonyl (C=O) groups excluding carboxylic acids is 1. The van der Waals surface area contributed by atoms with Crippen LogP contribution in [-0.2, 0) is 4.74 Å². The Morgan fingerprint density at radius 1 is 1.27 bits per heavy atom. The molecule has 0 amide bonds. The first kappa shape index (κ1) is 15.5. The number of hydrogen-bond acceptors (Lipinski definition) is 4. The van der Waals surface area contributed by atoms with Crippen LogP contribution in [0.4, 0.5) is 5.69 Å². The molecule has 0 atom stereocenters. The van der Waals surface area contributed by atoms with E-state index in [1.54, 1.807) is 50.4 Å². The number of anilines is 1. The lowest BCUT2D eigenvalue weighted by molar-refractivity contribution is -0.114. The highest BCUT2D eigenvalue weighted by atomic mass is 16.5. The minimum absolute atomic E-state index is 0.113. The SMILES string of the molecule is CC(C)OC(=O)c1cccnc1-c1ccc(N)c(C(N)=[NH2+])c1. The predicted molar refractivity (Wildman–Crippen MR) is 84.9 cm³/mol. The maximum atomic E-state index is 12.2. The summed E-state index contributed by atoms with van der Waals surface area (Å²) in [5.41, 5.74) is 14.0. The third-order valence-electron chi connectivity index (χ3n) is 3.01. The number of pyridine rings is 1. The van der Waals surface area contributed by atoms with Crippen molar-refractivity contribution in [3.63, 3.8) is 0 Å². The largest absolute Gasteiger partial charge is 0.459 e. The molecule has 2 aromatic rings. The molecule has 0 aliphatic heterocycles. The van der Waals surface area contributed by atoms with Crippen LogP contribution in [0.15, 0.2) is 36.5 Å².